The van der Waals surface area contributed by atoms with Gasteiger partial charge in [-0.15, -0.1) is 0 Å². The van der Waals surface area contributed by atoms with E-state index in [9.17, 15) is 0 Å². The average Bonchev–Trinajstić information content (AvgIpc) is 2.69. The fourth-order valence-electron chi connectivity index (χ4n) is 4.00. The first kappa shape index (κ1) is 20.7. The predicted molar refractivity (Wildman–Crippen MR) is 121 cm³/mol. The van der Waals surface area contributed by atoms with Crippen LogP contribution in [0.1, 0.15) is 51.2 Å². The van der Waals surface area contributed by atoms with Crippen molar-refractivity contribution < 1.29 is 4.74 Å². The lowest BCUT2D eigenvalue weighted by Gasteiger charge is -2.38. The van der Waals surface area contributed by atoms with Crippen molar-refractivity contribution in [2.75, 3.05) is 30.0 Å². The first-order valence-electron chi connectivity index (χ1n) is 10.9. The van der Waals surface area contributed by atoms with E-state index in [2.05, 4.69) is 80.4 Å². The molecule has 3 heteroatoms. The Kier molecular flexibility index (Phi) is 7.38. The minimum absolute atomic E-state index is 0.548. The van der Waals surface area contributed by atoms with E-state index in [1.54, 1.807) is 0 Å². The van der Waals surface area contributed by atoms with Gasteiger partial charge >= 0.3 is 0 Å². The molecule has 0 radical (unpaired) electrons. The number of aryl methyl sites for hydroxylation is 2. The summed E-state index contributed by atoms with van der Waals surface area (Å²) in [7, 11) is 0. The van der Waals surface area contributed by atoms with Crippen LogP contribution < -0.4 is 10.2 Å². The summed E-state index contributed by atoms with van der Waals surface area (Å²) >= 11 is 0. The van der Waals surface area contributed by atoms with Crippen molar-refractivity contribution in [1.82, 2.24) is 0 Å². The van der Waals surface area contributed by atoms with Gasteiger partial charge in [-0.3, -0.25) is 0 Å². The minimum atomic E-state index is 0.548. The third kappa shape index (κ3) is 5.51. The predicted octanol–water partition coefficient (Wildman–Crippen LogP) is 6.33. The van der Waals surface area contributed by atoms with E-state index < -0.39 is 0 Å². The fourth-order valence-corrected chi connectivity index (χ4v) is 4.00. The van der Waals surface area contributed by atoms with Crippen LogP contribution in [0.4, 0.5) is 17.1 Å². The summed E-state index contributed by atoms with van der Waals surface area (Å²) in [4.78, 5) is 2.62. The summed E-state index contributed by atoms with van der Waals surface area (Å²) in [5, 5.41) is 3.72. The lowest BCUT2D eigenvalue weighted by atomic mass is 10.0. The van der Waals surface area contributed by atoms with Gasteiger partial charge in [0.15, 0.2) is 0 Å². The molecule has 152 valence electrons. The van der Waals surface area contributed by atoms with Crippen LogP contribution in [0, 0.1) is 12.8 Å². The molecule has 2 aromatic carbocycles. The van der Waals surface area contributed by atoms with Gasteiger partial charge in [0.1, 0.15) is 0 Å². The monoisotopic (exact) mass is 380 g/mol. The SMILES string of the molecule is CCCc1ccc(N(CC(C)C)C2CCOCC2)c(Nc2ccc(C)cc2)c1. The Bertz CT molecular complexity index is 733. The summed E-state index contributed by atoms with van der Waals surface area (Å²) in [6.45, 7) is 11.8. The Balaban J connectivity index is 1.96. The molecule has 1 aliphatic rings. The van der Waals surface area contributed by atoms with Crippen molar-refractivity contribution in [2.24, 2.45) is 5.92 Å². The van der Waals surface area contributed by atoms with Crippen molar-refractivity contribution in [2.45, 2.75) is 59.4 Å². The summed E-state index contributed by atoms with van der Waals surface area (Å²) < 4.78 is 5.64. The zero-order valence-electron chi connectivity index (χ0n) is 18.0. The van der Waals surface area contributed by atoms with Gasteiger partial charge < -0.3 is 15.0 Å². The van der Waals surface area contributed by atoms with Crippen molar-refractivity contribution in [3.63, 3.8) is 0 Å². The topological polar surface area (TPSA) is 24.5 Å². The van der Waals surface area contributed by atoms with Gasteiger partial charge in [0, 0.05) is 31.5 Å². The molecule has 3 nitrogen and oxygen atoms in total. The second-order valence-corrected chi connectivity index (χ2v) is 8.48. The molecule has 3 rings (SSSR count). The highest BCUT2D eigenvalue weighted by Crippen LogP contribution is 2.34. The van der Waals surface area contributed by atoms with Crippen LogP contribution in [0.25, 0.3) is 0 Å². The zero-order chi connectivity index (χ0) is 19.9. The maximum absolute atomic E-state index is 5.64. The molecule has 2 aromatic rings. The zero-order valence-corrected chi connectivity index (χ0v) is 18.0. The molecule has 0 atom stereocenters. The van der Waals surface area contributed by atoms with Gasteiger partial charge in [-0.05, 0) is 61.9 Å². The first-order chi connectivity index (χ1) is 13.6. The van der Waals surface area contributed by atoms with E-state index in [0.717, 1.165) is 44.7 Å². The largest absolute Gasteiger partial charge is 0.381 e. The van der Waals surface area contributed by atoms with Crippen LogP contribution >= 0.6 is 0 Å². The molecule has 1 saturated heterocycles. The molecule has 1 aliphatic heterocycles. The molecule has 0 saturated carbocycles. The molecule has 28 heavy (non-hydrogen) atoms. The van der Waals surface area contributed by atoms with E-state index in [1.807, 2.05) is 0 Å². The Morgan fingerprint density at radius 1 is 1.07 bits per heavy atom. The van der Waals surface area contributed by atoms with Gasteiger partial charge in [-0.1, -0.05) is 51.0 Å². The number of hydrogen-bond acceptors (Lipinski definition) is 3. The van der Waals surface area contributed by atoms with Crippen LogP contribution in [-0.4, -0.2) is 25.8 Å². The molecular weight excluding hydrogens is 344 g/mol. The summed E-state index contributed by atoms with van der Waals surface area (Å²) in [6, 6.07) is 16.2. The van der Waals surface area contributed by atoms with E-state index in [1.165, 1.54) is 28.9 Å². The van der Waals surface area contributed by atoms with Gasteiger partial charge in [-0.25, -0.2) is 0 Å². The van der Waals surface area contributed by atoms with Gasteiger partial charge in [0.25, 0.3) is 0 Å². The number of anilines is 3. The summed E-state index contributed by atoms with van der Waals surface area (Å²) in [5.41, 5.74) is 6.38. The van der Waals surface area contributed by atoms with E-state index in [-0.39, 0.29) is 0 Å². The molecule has 1 N–H and O–H groups in total. The normalized spacial score (nSPS) is 15.0. The molecule has 0 spiro atoms. The standard InChI is InChI=1S/C25H36N2O/c1-5-6-21-9-12-25(24(17-21)26-22-10-7-20(4)8-11-22)27(18-19(2)3)23-13-15-28-16-14-23/h7-12,17,19,23,26H,5-6,13-16,18H2,1-4H3. The van der Waals surface area contributed by atoms with E-state index in [0.29, 0.717) is 12.0 Å². The second-order valence-electron chi connectivity index (χ2n) is 8.48. The van der Waals surface area contributed by atoms with Gasteiger partial charge in [0.05, 0.1) is 11.4 Å². The van der Waals surface area contributed by atoms with Gasteiger partial charge in [0.2, 0.25) is 0 Å². The molecule has 0 aliphatic carbocycles. The highest BCUT2D eigenvalue weighted by Gasteiger charge is 2.24. The Morgan fingerprint density at radius 3 is 2.43 bits per heavy atom. The number of hydrogen-bond donors (Lipinski definition) is 1. The number of ether oxygens (including phenoxy) is 1. The maximum atomic E-state index is 5.64. The number of benzene rings is 2. The maximum Gasteiger partial charge on any atom is 0.0624 e. The van der Waals surface area contributed by atoms with Crippen LogP contribution in [0.15, 0.2) is 42.5 Å². The van der Waals surface area contributed by atoms with Crippen LogP contribution in [0.2, 0.25) is 0 Å². The average molecular weight is 381 g/mol. The van der Waals surface area contributed by atoms with Crippen LogP contribution in [-0.2, 0) is 11.2 Å². The fraction of sp³-hybridized carbons (Fsp3) is 0.520. The number of rotatable bonds is 8. The number of nitrogens with one attached hydrogen (secondary N) is 1. The van der Waals surface area contributed by atoms with Gasteiger partial charge in [-0.2, -0.15) is 0 Å². The second kappa shape index (κ2) is 9.97. The molecule has 1 fully saturated rings. The molecule has 1 heterocycles. The minimum Gasteiger partial charge on any atom is -0.381 e. The van der Waals surface area contributed by atoms with E-state index in [4.69, 9.17) is 4.74 Å². The summed E-state index contributed by atoms with van der Waals surface area (Å²) in [6.07, 6.45) is 4.49. The molecule has 0 bridgehead atoms. The molecular formula is C25H36N2O. The Labute approximate surface area is 171 Å². The molecule has 0 unspecified atom stereocenters. The van der Waals surface area contributed by atoms with Crippen molar-refractivity contribution in [3.8, 4) is 0 Å². The third-order valence-electron chi connectivity index (χ3n) is 5.43. The molecule has 0 amide bonds. The highest BCUT2D eigenvalue weighted by molar-refractivity contribution is 5.76. The molecule has 0 aromatic heterocycles. The summed E-state index contributed by atoms with van der Waals surface area (Å²) in [5.74, 6) is 0.616. The van der Waals surface area contributed by atoms with E-state index >= 15 is 0 Å². The van der Waals surface area contributed by atoms with Crippen molar-refractivity contribution >= 4 is 17.1 Å². The first-order valence-corrected chi connectivity index (χ1v) is 10.9. The van der Waals surface area contributed by atoms with Crippen LogP contribution in [0.3, 0.4) is 0 Å². The highest BCUT2D eigenvalue weighted by atomic mass is 16.5. The number of nitrogens with zero attached hydrogens (tertiary/aromatic N) is 1. The third-order valence-corrected chi connectivity index (χ3v) is 5.43. The Morgan fingerprint density at radius 2 is 1.79 bits per heavy atom. The van der Waals surface area contributed by atoms with Crippen molar-refractivity contribution in [3.05, 3.63) is 53.6 Å². The quantitative estimate of drug-likeness (QED) is 0.579. The van der Waals surface area contributed by atoms with Crippen molar-refractivity contribution in [1.29, 1.82) is 0 Å². The van der Waals surface area contributed by atoms with Crippen LogP contribution in [0.5, 0.6) is 0 Å². The lowest BCUT2D eigenvalue weighted by molar-refractivity contribution is 0.0839. The smallest absolute Gasteiger partial charge is 0.0624 e. The lowest BCUT2D eigenvalue weighted by Crippen LogP contribution is -2.42. The Hall–Kier alpha value is -2.00.